The Morgan fingerprint density at radius 1 is 1.26 bits per heavy atom. The van der Waals surface area contributed by atoms with Gasteiger partial charge in [-0.05, 0) is 31.2 Å². The van der Waals surface area contributed by atoms with E-state index in [1.165, 1.54) is 25.1 Å². The monoisotopic (exact) mass is 257 g/mol. The lowest BCUT2D eigenvalue weighted by Gasteiger charge is -2.13. The topological polar surface area (TPSA) is 53.2 Å². The normalized spacial score (nSPS) is 11.7. The molecule has 2 aromatic rings. The Morgan fingerprint density at radius 2 is 2.00 bits per heavy atom. The number of para-hydroxylation sites is 1. The molecular weight excluding hydrogens is 245 g/mol. The molecule has 1 unspecified atom stereocenters. The van der Waals surface area contributed by atoms with Crippen LogP contribution in [-0.2, 0) is 0 Å². The van der Waals surface area contributed by atoms with Gasteiger partial charge in [0.15, 0.2) is 11.6 Å². The number of rotatable bonds is 3. The molecule has 19 heavy (non-hydrogen) atoms. The number of hydrogen-bond acceptors (Lipinski definition) is 3. The summed E-state index contributed by atoms with van der Waals surface area (Å²) in [5, 5.41) is 18.4. The third-order valence-electron chi connectivity index (χ3n) is 2.63. The number of ether oxygens (including phenoxy) is 1. The molecule has 0 fully saturated rings. The first-order valence-electron chi connectivity index (χ1n) is 5.76. The van der Waals surface area contributed by atoms with Crippen LogP contribution in [0, 0.1) is 17.1 Å². The standard InChI is InChI=1S/C15H12FNO2/c1-10(18)13-6-3-7-14(16)15(13)19-12-5-2-4-11(8-12)9-17/h2-8,10,18H,1H3. The maximum absolute atomic E-state index is 13.8. The van der Waals surface area contributed by atoms with E-state index in [2.05, 4.69) is 0 Å². The van der Waals surface area contributed by atoms with Gasteiger partial charge in [-0.3, -0.25) is 0 Å². The highest BCUT2D eigenvalue weighted by Gasteiger charge is 2.14. The molecule has 3 nitrogen and oxygen atoms in total. The predicted octanol–water partition coefficient (Wildman–Crippen LogP) is 3.54. The summed E-state index contributed by atoms with van der Waals surface area (Å²) in [6.07, 6.45) is -0.843. The Bertz CT molecular complexity index is 632. The number of aliphatic hydroxyl groups is 1. The van der Waals surface area contributed by atoms with Crippen LogP contribution in [0.4, 0.5) is 4.39 Å². The van der Waals surface area contributed by atoms with E-state index in [9.17, 15) is 9.50 Å². The quantitative estimate of drug-likeness (QED) is 0.914. The van der Waals surface area contributed by atoms with E-state index in [1.807, 2.05) is 6.07 Å². The zero-order valence-corrected chi connectivity index (χ0v) is 10.3. The van der Waals surface area contributed by atoms with Gasteiger partial charge in [0, 0.05) is 5.56 Å². The molecule has 96 valence electrons. The van der Waals surface area contributed by atoms with E-state index in [-0.39, 0.29) is 5.75 Å². The van der Waals surface area contributed by atoms with Crippen molar-refractivity contribution < 1.29 is 14.2 Å². The zero-order valence-electron chi connectivity index (χ0n) is 10.3. The summed E-state index contributed by atoms with van der Waals surface area (Å²) in [7, 11) is 0. The minimum atomic E-state index is -0.843. The SMILES string of the molecule is CC(O)c1cccc(F)c1Oc1cccc(C#N)c1. The molecule has 1 atom stereocenters. The Morgan fingerprint density at radius 3 is 2.68 bits per heavy atom. The van der Waals surface area contributed by atoms with Crippen LogP contribution in [0.2, 0.25) is 0 Å². The van der Waals surface area contributed by atoms with Crippen LogP contribution in [-0.4, -0.2) is 5.11 Å². The van der Waals surface area contributed by atoms with Crippen LogP contribution in [0.3, 0.4) is 0 Å². The molecule has 0 bridgehead atoms. The van der Waals surface area contributed by atoms with Gasteiger partial charge >= 0.3 is 0 Å². The lowest BCUT2D eigenvalue weighted by molar-refractivity contribution is 0.194. The summed E-state index contributed by atoms with van der Waals surface area (Å²) in [6.45, 7) is 1.54. The number of benzene rings is 2. The van der Waals surface area contributed by atoms with Crippen molar-refractivity contribution in [2.45, 2.75) is 13.0 Å². The zero-order chi connectivity index (χ0) is 13.8. The van der Waals surface area contributed by atoms with Crippen molar-refractivity contribution in [3.63, 3.8) is 0 Å². The summed E-state index contributed by atoms with van der Waals surface area (Å²) >= 11 is 0. The summed E-state index contributed by atoms with van der Waals surface area (Å²) in [5.74, 6) is -0.223. The molecule has 4 heteroatoms. The van der Waals surface area contributed by atoms with Gasteiger partial charge in [-0.15, -0.1) is 0 Å². The van der Waals surface area contributed by atoms with Gasteiger partial charge in [0.05, 0.1) is 17.7 Å². The lowest BCUT2D eigenvalue weighted by atomic mass is 10.1. The van der Waals surface area contributed by atoms with Crippen molar-refractivity contribution in [1.82, 2.24) is 0 Å². The van der Waals surface area contributed by atoms with Crippen LogP contribution in [0.1, 0.15) is 24.2 Å². The predicted molar refractivity (Wildman–Crippen MR) is 68.3 cm³/mol. The number of hydrogen-bond donors (Lipinski definition) is 1. The summed E-state index contributed by atoms with van der Waals surface area (Å²) in [4.78, 5) is 0. The summed E-state index contributed by atoms with van der Waals surface area (Å²) in [6, 6.07) is 12.8. The van der Waals surface area contributed by atoms with Crippen molar-refractivity contribution in [3.8, 4) is 17.6 Å². The molecule has 0 radical (unpaired) electrons. The van der Waals surface area contributed by atoms with Gasteiger partial charge in [0.1, 0.15) is 5.75 Å². The highest BCUT2D eigenvalue weighted by atomic mass is 19.1. The van der Waals surface area contributed by atoms with Gasteiger partial charge < -0.3 is 9.84 Å². The highest BCUT2D eigenvalue weighted by molar-refractivity contribution is 5.42. The number of aliphatic hydroxyl groups excluding tert-OH is 1. The van der Waals surface area contributed by atoms with Gasteiger partial charge in [-0.1, -0.05) is 18.2 Å². The van der Waals surface area contributed by atoms with Crippen LogP contribution < -0.4 is 4.74 Å². The van der Waals surface area contributed by atoms with Crippen LogP contribution in [0.15, 0.2) is 42.5 Å². The molecule has 0 spiro atoms. The van der Waals surface area contributed by atoms with E-state index >= 15 is 0 Å². The first-order valence-corrected chi connectivity index (χ1v) is 5.76. The number of halogens is 1. The summed E-state index contributed by atoms with van der Waals surface area (Å²) < 4.78 is 19.2. The van der Waals surface area contributed by atoms with Gasteiger partial charge in [-0.25, -0.2) is 4.39 Å². The molecule has 0 amide bonds. The third kappa shape index (κ3) is 2.90. The molecule has 2 aromatic carbocycles. The Hall–Kier alpha value is -2.38. The fourth-order valence-corrected chi connectivity index (χ4v) is 1.71. The highest BCUT2D eigenvalue weighted by Crippen LogP contribution is 2.32. The molecule has 0 saturated heterocycles. The maximum atomic E-state index is 13.8. The molecule has 0 saturated carbocycles. The third-order valence-corrected chi connectivity index (χ3v) is 2.63. The van der Waals surface area contributed by atoms with E-state index in [0.717, 1.165) is 0 Å². The molecular formula is C15H12FNO2. The Kier molecular flexibility index (Phi) is 3.79. The van der Waals surface area contributed by atoms with Crippen molar-refractivity contribution >= 4 is 0 Å². The molecule has 1 N–H and O–H groups in total. The van der Waals surface area contributed by atoms with Gasteiger partial charge in [0.2, 0.25) is 0 Å². The number of nitrogens with zero attached hydrogens (tertiary/aromatic N) is 1. The van der Waals surface area contributed by atoms with Crippen molar-refractivity contribution in [3.05, 3.63) is 59.4 Å². The molecule has 0 aliphatic rings. The maximum Gasteiger partial charge on any atom is 0.168 e. The number of nitriles is 1. The second-order valence-electron chi connectivity index (χ2n) is 4.08. The van der Waals surface area contributed by atoms with E-state index in [4.69, 9.17) is 10.00 Å². The second kappa shape index (κ2) is 5.51. The van der Waals surface area contributed by atoms with Gasteiger partial charge in [0.25, 0.3) is 0 Å². The lowest BCUT2D eigenvalue weighted by Crippen LogP contribution is -1.98. The van der Waals surface area contributed by atoms with E-state index < -0.39 is 11.9 Å². The molecule has 0 aromatic heterocycles. The minimum Gasteiger partial charge on any atom is -0.454 e. The fraction of sp³-hybridized carbons (Fsp3) is 0.133. The minimum absolute atomic E-state index is 0.0208. The molecule has 0 aliphatic heterocycles. The van der Waals surface area contributed by atoms with Crippen molar-refractivity contribution in [1.29, 1.82) is 5.26 Å². The van der Waals surface area contributed by atoms with E-state index in [0.29, 0.717) is 16.9 Å². The van der Waals surface area contributed by atoms with Crippen LogP contribution in [0.5, 0.6) is 11.5 Å². The average molecular weight is 257 g/mol. The summed E-state index contributed by atoms with van der Waals surface area (Å²) in [5.41, 5.74) is 0.787. The van der Waals surface area contributed by atoms with Gasteiger partial charge in [-0.2, -0.15) is 5.26 Å². The average Bonchev–Trinajstić information content (AvgIpc) is 2.41. The van der Waals surface area contributed by atoms with Crippen LogP contribution >= 0.6 is 0 Å². The largest absolute Gasteiger partial charge is 0.454 e. The van der Waals surface area contributed by atoms with Crippen LogP contribution in [0.25, 0.3) is 0 Å². The molecule has 0 aliphatic carbocycles. The molecule has 2 rings (SSSR count). The van der Waals surface area contributed by atoms with E-state index in [1.54, 1.807) is 24.3 Å². The Labute approximate surface area is 110 Å². The first-order chi connectivity index (χ1) is 9.11. The fourth-order valence-electron chi connectivity index (χ4n) is 1.71. The van der Waals surface area contributed by atoms with Crippen molar-refractivity contribution in [2.24, 2.45) is 0 Å². The second-order valence-corrected chi connectivity index (χ2v) is 4.08. The first kappa shape index (κ1) is 13.1. The van der Waals surface area contributed by atoms with Crippen molar-refractivity contribution in [2.75, 3.05) is 0 Å². The molecule has 0 heterocycles. The Balaban J connectivity index is 2.40. The smallest absolute Gasteiger partial charge is 0.168 e.